The molecule has 1 unspecified atom stereocenters. The molecule has 2 aromatic carbocycles. The molecule has 3 N–H and O–H groups in total. The number of nitrogens with two attached hydrogens (primary N) is 1. The molecule has 3 rings (SSSR count). The number of carbonyl (C=O) groups is 2. The first-order chi connectivity index (χ1) is 15.0. The molecule has 0 aliphatic heterocycles. The van der Waals surface area contributed by atoms with Crippen LogP contribution >= 0.6 is 12.6 Å². The number of amides is 1. The van der Waals surface area contributed by atoms with Gasteiger partial charge in [0, 0.05) is 30.2 Å². The van der Waals surface area contributed by atoms with Crippen molar-refractivity contribution in [1.29, 1.82) is 0 Å². The van der Waals surface area contributed by atoms with Gasteiger partial charge in [0.2, 0.25) is 5.44 Å². The lowest BCUT2D eigenvalue weighted by Gasteiger charge is -2.14. The van der Waals surface area contributed by atoms with Gasteiger partial charge in [0.05, 0.1) is 6.61 Å². The molecule has 1 amide bonds. The highest BCUT2D eigenvalue weighted by atomic mass is 32.1. The van der Waals surface area contributed by atoms with Gasteiger partial charge >= 0.3 is 5.97 Å². The van der Waals surface area contributed by atoms with Gasteiger partial charge in [0.25, 0.3) is 5.91 Å². The lowest BCUT2D eigenvalue weighted by molar-refractivity contribution is -0.147. The molecule has 1 atom stereocenters. The second kappa shape index (κ2) is 10.6. The number of hydrogen-bond donors (Lipinski definition) is 3. The summed E-state index contributed by atoms with van der Waals surface area (Å²) in [5.74, 6) is -0.311. The Hall–Kier alpha value is -3.36. The number of thiol groups is 1. The molecule has 31 heavy (non-hydrogen) atoms. The molecule has 160 valence electrons. The molecule has 0 aliphatic carbocycles. The summed E-state index contributed by atoms with van der Waals surface area (Å²) >= 11 is 4.11. The van der Waals surface area contributed by atoms with Crippen LogP contribution in [0.1, 0.15) is 22.8 Å². The van der Waals surface area contributed by atoms with Crippen molar-refractivity contribution in [2.75, 3.05) is 11.9 Å². The lowest BCUT2D eigenvalue weighted by atomic mass is 9.97. The third-order valence-electron chi connectivity index (χ3n) is 4.43. The van der Waals surface area contributed by atoms with Crippen LogP contribution in [0.3, 0.4) is 0 Å². The monoisotopic (exact) mass is 437 g/mol. The third-order valence-corrected chi connectivity index (χ3v) is 4.75. The third kappa shape index (κ3) is 5.84. The fourth-order valence-electron chi connectivity index (χ4n) is 2.91. The molecular formula is C23H23N3O4S. The Morgan fingerprint density at radius 1 is 1.10 bits per heavy atom. The van der Waals surface area contributed by atoms with E-state index < -0.39 is 11.4 Å². The average molecular weight is 438 g/mol. The highest BCUT2D eigenvalue weighted by molar-refractivity contribution is 7.81. The summed E-state index contributed by atoms with van der Waals surface area (Å²) in [7, 11) is 0. The fourth-order valence-corrected chi connectivity index (χ4v) is 3.10. The molecule has 0 aliphatic rings. The number of rotatable bonds is 8. The van der Waals surface area contributed by atoms with Gasteiger partial charge in [-0.2, -0.15) is 0 Å². The standard InChI is InChI=1S/C23H23N3O4S/c1-2-29-22(28)23(31)30-19-7-5-15(6-8-19)20-13-16(3-4-17(20)14-24)21(27)26-18-9-11-25-12-10-18/h3-13,23,31H,2,14,24H2,1H3,(H,25,26,27). The highest BCUT2D eigenvalue weighted by Gasteiger charge is 2.17. The van der Waals surface area contributed by atoms with Crippen LogP contribution in [0.15, 0.2) is 67.0 Å². The van der Waals surface area contributed by atoms with Crippen LogP contribution < -0.4 is 15.8 Å². The van der Waals surface area contributed by atoms with Gasteiger partial charge in [0.1, 0.15) is 5.75 Å². The van der Waals surface area contributed by atoms with E-state index in [0.29, 0.717) is 23.5 Å². The maximum Gasteiger partial charge on any atom is 0.357 e. The number of nitrogens with zero attached hydrogens (tertiary/aromatic N) is 1. The van der Waals surface area contributed by atoms with Crippen molar-refractivity contribution in [1.82, 2.24) is 4.98 Å². The first-order valence-electron chi connectivity index (χ1n) is 9.68. The second-order valence-electron chi connectivity index (χ2n) is 6.51. The summed E-state index contributed by atoms with van der Waals surface area (Å²) in [6, 6.07) is 15.9. The van der Waals surface area contributed by atoms with Crippen LogP contribution in [-0.4, -0.2) is 28.9 Å². The van der Waals surface area contributed by atoms with Gasteiger partial charge in [-0.3, -0.25) is 9.78 Å². The number of aromatic nitrogens is 1. The summed E-state index contributed by atoms with van der Waals surface area (Å²) in [5.41, 5.74) is 8.65. The normalized spacial score (nSPS) is 11.5. The maximum absolute atomic E-state index is 12.7. The number of pyridine rings is 1. The number of anilines is 1. The Kier molecular flexibility index (Phi) is 7.64. The molecule has 3 aromatic rings. The van der Waals surface area contributed by atoms with Gasteiger partial charge in [-0.05, 0) is 60.0 Å². The molecule has 0 bridgehead atoms. The van der Waals surface area contributed by atoms with Gasteiger partial charge < -0.3 is 20.5 Å². The molecule has 1 aromatic heterocycles. The van der Waals surface area contributed by atoms with Crippen LogP contribution in [-0.2, 0) is 16.1 Å². The number of carbonyl (C=O) groups excluding carboxylic acids is 2. The van der Waals surface area contributed by atoms with E-state index in [2.05, 4.69) is 22.9 Å². The summed E-state index contributed by atoms with van der Waals surface area (Å²) in [6.07, 6.45) is 3.22. The number of benzene rings is 2. The zero-order valence-electron chi connectivity index (χ0n) is 16.9. The number of nitrogens with one attached hydrogen (secondary N) is 1. The molecule has 0 saturated carbocycles. The van der Waals surface area contributed by atoms with E-state index in [1.807, 2.05) is 18.2 Å². The summed E-state index contributed by atoms with van der Waals surface area (Å²) in [6.45, 7) is 2.29. The second-order valence-corrected chi connectivity index (χ2v) is 6.98. The zero-order valence-corrected chi connectivity index (χ0v) is 17.8. The Morgan fingerprint density at radius 2 is 1.81 bits per heavy atom. The van der Waals surface area contributed by atoms with Crippen LogP contribution in [0, 0.1) is 0 Å². The van der Waals surface area contributed by atoms with E-state index >= 15 is 0 Å². The predicted octanol–water partition coefficient (Wildman–Crippen LogP) is 3.66. The van der Waals surface area contributed by atoms with Gasteiger partial charge in [-0.15, -0.1) is 12.6 Å². The van der Waals surface area contributed by atoms with Crippen LogP contribution in [0.25, 0.3) is 11.1 Å². The van der Waals surface area contributed by atoms with Crippen molar-refractivity contribution >= 4 is 30.2 Å². The molecule has 0 spiro atoms. The number of ether oxygens (including phenoxy) is 2. The first kappa shape index (κ1) is 22.3. The van der Waals surface area contributed by atoms with E-state index in [1.165, 1.54) is 0 Å². The highest BCUT2D eigenvalue weighted by Crippen LogP contribution is 2.28. The molecule has 1 heterocycles. The molecule has 0 saturated heterocycles. The summed E-state index contributed by atoms with van der Waals surface area (Å²) in [5, 5.41) is 2.84. The first-order valence-corrected chi connectivity index (χ1v) is 10.2. The molecule has 7 nitrogen and oxygen atoms in total. The Balaban J connectivity index is 1.80. The average Bonchev–Trinajstić information content (AvgIpc) is 2.80. The van der Waals surface area contributed by atoms with Crippen molar-refractivity contribution in [3.05, 3.63) is 78.1 Å². The molecule has 0 fully saturated rings. The SMILES string of the molecule is CCOC(=O)C(S)Oc1ccc(-c2cc(C(=O)Nc3ccncc3)ccc2CN)cc1. The number of esters is 1. The Morgan fingerprint density at radius 3 is 2.45 bits per heavy atom. The van der Waals surface area contributed by atoms with Gasteiger partial charge in [-0.1, -0.05) is 18.2 Å². The topological polar surface area (TPSA) is 104 Å². The summed E-state index contributed by atoms with van der Waals surface area (Å²) in [4.78, 5) is 28.3. The quantitative estimate of drug-likeness (QED) is 0.282. The molecule has 0 radical (unpaired) electrons. The smallest absolute Gasteiger partial charge is 0.357 e. The summed E-state index contributed by atoms with van der Waals surface area (Å²) < 4.78 is 10.4. The minimum atomic E-state index is -1.01. The van der Waals surface area contributed by atoms with Gasteiger partial charge in [0.15, 0.2) is 0 Å². The van der Waals surface area contributed by atoms with E-state index in [1.54, 1.807) is 55.7 Å². The fraction of sp³-hybridized carbons (Fsp3) is 0.174. The maximum atomic E-state index is 12.7. The number of hydrogen-bond acceptors (Lipinski definition) is 7. The van der Waals surface area contributed by atoms with Crippen molar-refractivity contribution in [2.45, 2.75) is 18.9 Å². The molecule has 8 heteroatoms. The zero-order chi connectivity index (χ0) is 22.2. The predicted molar refractivity (Wildman–Crippen MR) is 122 cm³/mol. The minimum Gasteiger partial charge on any atom is -0.468 e. The minimum absolute atomic E-state index is 0.233. The van der Waals surface area contributed by atoms with Crippen molar-refractivity contribution in [2.24, 2.45) is 5.73 Å². The van der Waals surface area contributed by atoms with E-state index in [-0.39, 0.29) is 12.5 Å². The van der Waals surface area contributed by atoms with Gasteiger partial charge in [-0.25, -0.2) is 4.79 Å². The van der Waals surface area contributed by atoms with Crippen molar-refractivity contribution < 1.29 is 19.1 Å². The van der Waals surface area contributed by atoms with Crippen LogP contribution in [0.5, 0.6) is 5.75 Å². The molecular weight excluding hydrogens is 414 g/mol. The van der Waals surface area contributed by atoms with E-state index in [4.69, 9.17) is 15.2 Å². The Bertz CT molecular complexity index is 1040. The van der Waals surface area contributed by atoms with E-state index in [0.717, 1.165) is 16.7 Å². The van der Waals surface area contributed by atoms with Crippen LogP contribution in [0.4, 0.5) is 5.69 Å². The van der Waals surface area contributed by atoms with Crippen LogP contribution in [0.2, 0.25) is 0 Å². The Labute approximate surface area is 186 Å². The van der Waals surface area contributed by atoms with Crippen molar-refractivity contribution in [3.8, 4) is 16.9 Å². The van der Waals surface area contributed by atoms with E-state index in [9.17, 15) is 9.59 Å². The largest absolute Gasteiger partial charge is 0.468 e. The van der Waals surface area contributed by atoms with Crippen molar-refractivity contribution in [3.63, 3.8) is 0 Å². The lowest BCUT2D eigenvalue weighted by Crippen LogP contribution is -2.23.